The van der Waals surface area contributed by atoms with Crippen LogP contribution in [0.2, 0.25) is 0 Å². The van der Waals surface area contributed by atoms with Gasteiger partial charge in [-0.25, -0.2) is 0 Å². The second kappa shape index (κ2) is 5.14. The molecule has 0 aliphatic carbocycles. The number of carbonyl (C=O) groups is 1. The number of hydrogen-bond donors (Lipinski definition) is 2. The Balaban J connectivity index is 2.17. The first-order chi connectivity index (χ1) is 8.56. The van der Waals surface area contributed by atoms with Crippen LogP contribution in [0.3, 0.4) is 0 Å². The molecule has 0 aliphatic heterocycles. The van der Waals surface area contributed by atoms with E-state index in [1.54, 1.807) is 0 Å². The van der Waals surface area contributed by atoms with Crippen LogP contribution >= 0.6 is 0 Å². The summed E-state index contributed by atoms with van der Waals surface area (Å²) in [4.78, 5) is 15.0. The summed E-state index contributed by atoms with van der Waals surface area (Å²) in [6, 6.07) is 7.25. The molecule has 0 amide bonds. The molecule has 4 heteroatoms. The lowest BCUT2D eigenvalue weighted by atomic mass is 10.0. The topological polar surface area (TPSA) is 76.2 Å². The van der Waals surface area contributed by atoms with E-state index in [-0.39, 0.29) is 0 Å². The van der Waals surface area contributed by atoms with Crippen LogP contribution in [-0.4, -0.2) is 22.1 Å². The number of rotatable bonds is 4. The maximum atomic E-state index is 10.6. The van der Waals surface area contributed by atoms with Gasteiger partial charge in [0, 0.05) is 11.6 Å². The highest BCUT2D eigenvalue weighted by Crippen LogP contribution is 2.16. The molecule has 1 atom stereocenters. The molecule has 4 nitrogen and oxygen atoms in total. The van der Waals surface area contributed by atoms with Crippen LogP contribution in [0.25, 0.3) is 10.9 Å². The van der Waals surface area contributed by atoms with E-state index < -0.39 is 12.0 Å². The van der Waals surface area contributed by atoms with Gasteiger partial charge in [0.05, 0.1) is 5.52 Å². The van der Waals surface area contributed by atoms with E-state index in [4.69, 9.17) is 10.8 Å². The number of nitrogens with zero attached hydrogens (tertiary/aromatic N) is 1. The number of aryl methyl sites for hydroxylation is 2. The minimum absolute atomic E-state index is 0.445. The molecule has 1 heterocycles. The second-order valence-electron chi connectivity index (χ2n) is 4.52. The van der Waals surface area contributed by atoms with Crippen molar-refractivity contribution in [2.75, 3.05) is 0 Å². The SMILES string of the molecule is Cc1cnc2ccc(CCC(N)C(=O)O)cc2c1. The molecule has 0 spiro atoms. The Bertz CT molecular complexity index is 581. The maximum Gasteiger partial charge on any atom is 0.320 e. The Labute approximate surface area is 105 Å². The molecule has 18 heavy (non-hydrogen) atoms. The zero-order valence-corrected chi connectivity index (χ0v) is 10.3. The number of fused-ring (bicyclic) bond motifs is 1. The lowest BCUT2D eigenvalue weighted by Gasteiger charge is -2.07. The smallest absolute Gasteiger partial charge is 0.320 e. The van der Waals surface area contributed by atoms with Crippen LogP contribution in [0.5, 0.6) is 0 Å². The Hall–Kier alpha value is -1.94. The highest BCUT2D eigenvalue weighted by molar-refractivity contribution is 5.79. The summed E-state index contributed by atoms with van der Waals surface area (Å²) in [5.41, 5.74) is 8.64. The van der Waals surface area contributed by atoms with Gasteiger partial charge in [0.2, 0.25) is 0 Å². The van der Waals surface area contributed by atoms with Crippen molar-refractivity contribution in [3.63, 3.8) is 0 Å². The predicted octanol–water partition coefficient (Wildman–Crippen LogP) is 1.89. The van der Waals surface area contributed by atoms with Crippen LogP contribution in [0, 0.1) is 6.92 Å². The lowest BCUT2D eigenvalue weighted by Crippen LogP contribution is -2.30. The third-order valence-corrected chi connectivity index (χ3v) is 2.94. The Morgan fingerprint density at radius 1 is 1.44 bits per heavy atom. The minimum Gasteiger partial charge on any atom is -0.480 e. The van der Waals surface area contributed by atoms with Gasteiger partial charge in [0.25, 0.3) is 0 Å². The van der Waals surface area contributed by atoms with E-state index >= 15 is 0 Å². The van der Waals surface area contributed by atoms with Gasteiger partial charge in [0.15, 0.2) is 0 Å². The summed E-state index contributed by atoms with van der Waals surface area (Å²) in [6.45, 7) is 2.00. The molecule has 1 aromatic carbocycles. The van der Waals surface area contributed by atoms with Crippen LogP contribution < -0.4 is 5.73 Å². The van der Waals surface area contributed by atoms with E-state index in [9.17, 15) is 4.79 Å². The average Bonchev–Trinajstić information content (AvgIpc) is 2.35. The van der Waals surface area contributed by atoms with Crippen molar-refractivity contribution < 1.29 is 9.90 Å². The van der Waals surface area contributed by atoms with E-state index in [1.165, 1.54) is 0 Å². The van der Waals surface area contributed by atoms with Gasteiger partial charge in [-0.3, -0.25) is 9.78 Å². The maximum absolute atomic E-state index is 10.6. The van der Waals surface area contributed by atoms with Crippen molar-refractivity contribution in [3.05, 3.63) is 41.6 Å². The molecule has 0 fully saturated rings. The third kappa shape index (κ3) is 2.84. The van der Waals surface area contributed by atoms with Crippen molar-refractivity contribution in [2.45, 2.75) is 25.8 Å². The zero-order chi connectivity index (χ0) is 13.1. The van der Waals surface area contributed by atoms with Crippen LogP contribution in [-0.2, 0) is 11.2 Å². The Morgan fingerprint density at radius 3 is 2.94 bits per heavy atom. The largest absolute Gasteiger partial charge is 0.480 e. The minimum atomic E-state index is -0.951. The van der Waals surface area contributed by atoms with Gasteiger partial charge >= 0.3 is 5.97 Å². The predicted molar refractivity (Wildman–Crippen MR) is 70.4 cm³/mol. The lowest BCUT2D eigenvalue weighted by molar-refractivity contribution is -0.138. The monoisotopic (exact) mass is 244 g/mol. The molecule has 0 aliphatic rings. The fraction of sp³-hybridized carbons (Fsp3) is 0.286. The van der Waals surface area contributed by atoms with Crippen LogP contribution in [0.15, 0.2) is 30.5 Å². The molecule has 0 radical (unpaired) electrons. The quantitative estimate of drug-likeness (QED) is 0.861. The summed E-state index contributed by atoms with van der Waals surface area (Å²) in [5, 5.41) is 9.81. The normalized spacial score (nSPS) is 12.6. The number of carboxylic acid groups (broad SMARTS) is 1. The van der Waals surface area contributed by atoms with E-state index in [1.807, 2.05) is 31.3 Å². The fourth-order valence-corrected chi connectivity index (χ4v) is 1.89. The van der Waals surface area contributed by atoms with Crippen molar-refractivity contribution in [1.82, 2.24) is 4.98 Å². The number of hydrogen-bond acceptors (Lipinski definition) is 3. The summed E-state index contributed by atoms with van der Waals surface area (Å²) in [5.74, 6) is -0.951. The number of aromatic nitrogens is 1. The third-order valence-electron chi connectivity index (χ3n) is 2.94. The Morgan fingerprint density at radius 2 is 2.22 bits per heavy atom. The van der Waals surface area contributed by atoms with E-state index in [0.717, 1.165) is 22.0 Å². The molecule has 94 valence electrons. The molecule has 3 N–H and O–H groups in total. The molecule has 0 bridgehead atoms. The molecule has 0 saturated heterocycles. The summed E-state index contributed by atoms with van der Waals surface area (Å²) < 4.78 is 0. The van der Waals surface area contributed by atoms with Gasteiger partial charge in [-0.1, -0.05) is 6.07 Å². The number of pyridine rings is 1. The van der Waals surface area contributed by atoms with Gasteiger partial charge in [0.1, 0.15) is 6.04 Å². The Kier molecular flexibility index (Phi) is 3.58. The number of benzene rings is 1. The van der Waals surface area contributed by atoms with Crippen molar-refractivity contribution in [3.8, 4) is 0 Å². The fourth-order valence-electron chi connectivity index (χ4n) is 1.89. The zero-order valence-electron chi connectivity index (χ0n) is 10.3. The van der Waals surface area contributed by atoms with Crippen LogP contribution in [0.4, 0.5) is 0 Å². The molecular weight excluding hydrogens is 228 g/mol. The van der Waals surface area contributed by atoms with Crippen LogP contribution in [0.1, 0.15) is 17.5 Å². The van der Waals surface area contributed by atoms with E-state index in [2.05, 4.69) is 11.1 Å². The molecule has 0 saturated carbocycles. The highest BCUT2D eigenvalue weighted by Gasteiger charge is 2.11. The molecular formula is C14H16N2O2. The van der Waals surface area contributed by atoms with Gasteiger partial charge in [-0.15, -0.1) is 0 Å². The number of carboxylic acids is 1. The summed E-state index contributed by atoms with van der Waals surface area (Å²) >= 11 is 0. The first kappa shape index (κ1) is 12.5. The van der Waals surface area contributed by atoms with E-state index in [0.29, 0.717) is 12.8 Å². The average molecular weight is 244 g/mol. The number of aliphatic carboxylic acids is 1. The summed E-state index contributed by atoms with van der Waals surface area (Å²) in [7, 11) is 0. The molecule has 2 rings (SSSR count). The molecule has 1 aromatic heterocycles. The highest BCUT2D eigenvalue weighted by atomic mass is 16.4. The number of nitrogens with two attached hydrogens (primary N) is 1. The second-order valence-corrected chi connectivity index (χ2v) is 4.52. The van der Waals surface area contributed by atoms with Gasteiger partial charge in [-0.05, 0) is 49.1 Å². The first-order valence-electron chi connectivity index (χ1n) is 5.90. The first-order valence-corrected chi connectivity index (χ1v) is 5.90. The summed E-state index contributed by atoms with van der Waals surface area (Å²) in [6.07, 6.45) is 2.94. The standard InChI is InChI=1S/C14H16N2O2/c1-9-6-11-7-10(2-4-12(15)14(17)18)3-5-13(11)16-8-9/h3,5-8,12H,2,4,15H2,1H3,(H,17,18). The van der Waals surface area contributed by atoms with Crippen molar-refractivity contribution in [1.29, 1.82) is 0 Å². The van der Waals surface area contributed by atoms with Crippen molar-refractivity contribution in [2.24, 2.45) is 5.73 Å². The van der Waals surface area contributed by atoms with Gasteiger partial charge < -0.3 is 10.8 Å². The van der Waals surface area contributed by atoms with Crippen molar-refractivity contribution >= 4 is 16.9 Å². The molecule has 1 unspecified atom stereocenters. The van der Waals surface area contributed by atoms with Gasteiger partial charge in [-0.2, -0.15) is 0 Å². The molecule has 2 aromatic rings.